The van der Waals surface area contributed by atoms with E-state index >= 15 is 0 Å². The molecule has 0 amide bonds. The van der Waals surface area contributed by atoms with Crippen molar-refractivity contribution in [3.8, 4) is 0 Å². The number of unbranched alkanes of at least 4 members (excludes halogenated alkanes) is 28. The van der Waals surface area contributed by atoms with Gasteiger partial charge in [-0.3, -0.25) is 0 Å². The molecule has 0 saturated heterocycles. The van der Waals surface area contributed by atoms with Gasteiger partial charge in [-0.25, -0.2) is 0 Å². The van der Waals surface area contributed by atoms with Crippen LogP contribution in [0.25, 0.3) is 0 Å². The van der Waals surface area contributed by atoms with Gasteiger partial charge in [0.05, 0.1) is 0 Å². The SMILES string of the molecule is CCCCCCCCCCCCCCCCCC(SSSSSSSSC(CCCCCCCCCCCCCCCCC)[Si](C)(C)OC)[Si](C)(C)OC. The minimum atomic E-state index is -1.67. The van der Waals surface area contributed by atoms with Gasteiger partial charge in [-0.2, -0.15) is 0 Å². The molecule has 0 aliphatic heterocycles. The normalized spacial score (nSPS) is 13.6. The first-order valence-electron chi connectivity index (χ1n) is 22.7. The minimum Gasteiger partial charge on any atom is -0.419 e. The summed E-state index contributed by atoms with van der Waals surface area (Å²) in [6.07, 6.45) is 45.6. The maximum absolute atomic E-state index is 6.09. The molecule has 54 heavy (non-hydrogen) atoms. The minimum absolute atomic E-state index is 0.659. The summed E-state index contributed by atoms with van der Waals surface area (Å²) in [5.41, 5.74) is 0. The fourth-order valence-electron chi connectivity index (χ4n) is 6.86. The quantitative estimate of drug-likeness (QED) is 0.0332. The zero-order chi connectivity index (χ0) is 39.9. The monoisotopic (exact) mass is 938 g/mol. The molecule has 0 bridgehead atoms. The van der Waals surface area contributed by atoms with Gasteiger partial charge in [-0.05, 0) is 98.0 Å². The topological polar surface area (TPSA) is 18.5 Å². The van der Waals surface area contributed by atoms with Gasteiger partial charge >= 0.3 is 0 Å². The summed E-state index contributed by atoms with van der Waals surface area (Å²) in [5, 5.41) is 0. The van der Waals surface area contributed by atoms with Gasteiger partial charge in [-0.15, -0.1) is 0 Å². The lowest BCUT2D eigenvalue weighted by Gasteiger charge is -2.29. The van der Waals surface area contributed by atoms with Crippen molar-refractivity contribution in [2.75, 3.05) is 14.2 Å². The van der Waals surface area contributed by atoms with Crippen molar-refractivity contribution in [1.29, 1.82) is 0 Å². The Morgan fingerprint density at radius 1 is 0.315 bits per heavy atom. The largest absolute Gasteiger partial charge is 0.419 e. The van der Waals surface area contributed by atoms with E-state index in [1.807, 2.05) is 73.2 Å². The molecular formula is C42H90O2S8Si2. The molecule has 2 unspecified atom stereocenters. The molecule has 0 aromatic rings. The van der Waals surface area contributed by atoms with E-state index in [1.165, 1.54) is 205 Å². The van der Waals surface area contributed by atoms with Crippen molar-refractivity contribution in [3.63, 3.8) is 0 Å². The van der Waals surface area contributed by atoms with E-state index < -0.39 is 16.6 Å². The Balaban J connectivity index is 3.97. The van der Waals surface area contributed by atoms with Crippen LogP contribution < -0.4 is 0 Å². The third-order valence-corrected chi connectivity index (χ3v) is 37.6. The highest BCUT2D eigenvalue weighted by molar-refractivity contribution is 9.48. The molecule has 0 saturated carbocycles. The summed E-state index contributed by atoms with van der Waals surface area (Å²) in [6, 6.07) is 0. The average molecular weight is 940 g/mol. The first-order valence-corrected chi connectivity index (χ1v) is 38.9. The van der Waals surface area contributed by atoms with Crippen molar-refractivity contribution in [3.05, 3.63) is 0 Å². The van der Waals surface area contributed by atoms with E-state index in [0.717, 1.165) is 0 Å². The van der Waals surface area contributed by atoms with Gasteiger partial charge in [0.25, 0.3) is 0 Å². The molecule has 2 nitrogen and oxygen atoms in total. The van der Waals surface area contributed by atoms with Crippen LogP contribution in [0.1, 0.15) is 219 Å². The van der Waals surface area contributed by atoms with Crippen LogP contribution in [0.3, 0.4) is 0 Å². The highest BCUT2D eigenvalue weighted by Crippen LogP contribution is 2.59. The zero-order valence-electron chi connectivity index (χ0n) is 36.9. The molecule has 0 spiro atoms. The van der Waals surface area contributed by atoms with Crippen LogP contribution in [0, 0.1) is 0 Å². The van der Waals surface area contributed by atoms with Gasteiger partial charge in [0.2, 0.25) is 0 Å². The van der Waals surface area contributed by atoms with E-state index in [2.05, 4.69) is 61.6 Å². The van der Waals surface area contributed by atoms with Crippen molar-refractivity contribution >= 4 is 97.2 Å². The molecule has 326 valence electrons. The van der Waals surface area contributed by atoms with Gasteiger partial charge in [0.15, 0.2) is 16.6 Å². The summed E-state index contributed by atoms with van der Waals surface area (Å²) in [7, 11) is 16.4. The Morgan fingerprint density at radius 2 is 0.519 bits per heavy atom. The first-order chi connectivity index (χ1) is 26.2. The molecule has 0 aliphatic rings. The van der Waals surface area contributed by atoms with Crippen molar-refractivity contribution in [2.45, 2.75) is 255 Å². The zero-order valence-corrected chi connectivity index (χ0v) is 45.4. The number of hydrogen-bond donors (Lipinski definition) is 0. The molecule has 0 aliphatic carbocycles. The third-order valence-electron chi connectivity index (χ3n) is 11.2. The summed E-state index contributed by atoms with van der Waals surface area (Å²) >= 11 is 0. The molecule has 0 rings (SSSR count). The average Bonchev–Trinajstić information content (AvgIpc) is 3.16. The summed E-state index contributed by atoms with van der Waals surface area (Å²) in [4.78, 5) is 1.32. The highest BCUT2D eigenvalue weighted by Gasteiger charge is 2.34. The van der Waals surface area contributed by atoms with Crippen molar-refractivity contribution in [2.24, 2.45) is 0 Å². The molecule has 0 aromatic heterocycles. The second kappa shape index (κ2) is 42.8. The van der Waals surface area contributed by atoms with E-state index in [1.54, 1.807) is 0 Å². The molecule has 0 N–H and O–H groups in total. The fraction of sp³-hybridized carbons (Fsp3) is 1.00. The Labute approximate surface area is 372 Å². The Morgan fingerprint density at radius 3 is 0.741 bits per heavy atom. The van der Waals surface area contributed by atoms with E-state index in [9.17, 15) is 0 Å². The predicted octanol–water partition coefficient (Wildman–Crippen LogP) is 20.3. The smallest absolute Gasteiger partial charge is 0.199 e. The van der Waals surface area contributed by atoms with Crippen LogP contribution in [-0.4, -0.2) is 40.6 Å². The lowest BCUT2D eigenvalue weighted by atomic mass is 10.0. The van der Waals surface area contributed by atoms with E-state index in [4.69, 9.17) is 8.85 Å². The lowest BCUT2D eigenvalue weighted by Crippen LogP contribution is -2.41. The third kappa shape index (κ3) is 37.0. The fourth-order valence-corrected chi connectivity index (χ4v) is 35.0. The molecular weight excluding hydrogens is 849 g/mol. The molecule has 0 heterocycles. The van der Waals surface area contributed by atoms with Crippen LogP contribution in [0.2, 0.25) is 26.2 Å². The molecule has 0 aromatic carbocycles. The van der Waals surface area contributed by atoms with Gasteiger partial charge in [0.1, 0.15) is 0 Å². The molecule has 0 radical (unpaired) electrons. The van der Waals surface area contributed by atoms with Crippen LogP contribution in [0.15, 0.2) is 0 Å². The first kappa shape index (κ1) is 57.2. The maximum Gasteiger partial charge on any atom is 0.199 e. The second-order valence-electron chi connectivity index (χ2n) is 16.7. The van der Waals surface area contributed by atoms with E-state index in [-0.39, 0.29) is 0 Å². The molecule has 12 heteroatoms. The summed E-state index contributed by atoms with van der Waals surface area (Å²) in [5.74, 6) is 0. The maximum atomic E-state index is 6.09. The molecule has 2 atom stereocenters. The lowest BCUT2D eigenvalue weighted by molar-refractivity contribution is 0.398. The van der Waals surface area contributed by atoms with Crippen LogP contribution in [0.5, 0.6) is 0 Å². The van der Waals surface area contributed by atoms with Gasteiger partial charge in [0, 0.05) is 24.0 Å². The second-order valence-corrected chi connectivity index (χ2v) is 39.4. The van der Waals surface area contributed by atoms with Crippen molar-refractivity contribution < 1.29 is 8.85 Å². The van der Waals surface area contributed by atoms with Crippen LogP contribution in [-0.2, 0) is 8.85 Å². The predicted molar refractivity (Wildman–Crippen MR) is 276 cm³/mol. The van der Waals surface area contributed by atoms with Crippen molar-refractivity contribution in [1.82, 2.24) is 0 Å². The Kier molecular flexibility index (Phi) is 45.3. The summed E-state index contributed by atoms with van der Waals surface area (Å²) < 4.78 is 12.2. The highest BCUT2D eigenvalue weighted by atomic mass is 34.0. The van der Waals surface area contributed by atoms with Gasteiger partial charge in [-0.1, -0.05) is 228 Å². The standard InChI is InChI=1S/C42H90O2S8Si2/c1-9-11-13-15-17-19-21-23-25-27-29-31-33-35-37-39-41(53(5,6)43-3)45-47-49-51-52-50-48-46-42(54(7,8)44-4)40-38-36-34-32-30-28-26-24-22-20-18-16-14-12-10-2/h41-42H,9-40H2,1-8H3. The number of rotatable bonds is 45. The number of hydrogen-bond acceptors (Lipinski definition) is 10. The summed E-state index contributed by atoms with van der Waals surface area (Å²) in [6.45, 7) is 14.3. The van der Waals surface area contributed by atoms with Crippen LogP contribution >= 0.6 is 80.5 Å². The Bertz CT molecular complexity index is 697. The van der Waals surface area contributed by atoms with E-state index in [0.29, 0.717) is 9.75 Å². The molecule has 0 fully saturated rings. The Hall–Kier alpha value is 3.15. The van der Waals surface area contributed by atoms with Crippen LogP contribution in [0.4, 0.5) is 0 Å². The van der Waals surface area contributed by atoms with Gasteiger partial charge < -0.3 is 8.85 Å².